The maximum Gasteiger partial charge on any atom is 0.320 e. The van der Waals surface area contributed by atoms with Gasteiger partial charge in [-0.3, -0.25) is 4.79 Å². The Hall–Kier alpha value is -1.55. The fraction of sp³-hybridized carbons (Fsp3) is 0.533. The Kier molecular flexibility index (Phi) is 5.83. The fourth-order valence-electron chi connectivity index (χ4n) is 2.30. The Labute approximate surface area is 114 Å². The van der Waals surface area contributed by atoms with Crippen LogP contribution in [0.2, 0.25) is 0 Å². The lowest BCUT2D eigenvalue weighted by atomic mass is 9.91. The van der Waals surface area contributed by atoms with Crippen molar-refractivity contribution in [2.75, 3.05) is 7.11 Å². The molecular weight excluding hydrogens is 242 g/mol. The van der Waals surface area contributed by atoms with Crippen molar-refractivity contribution in [3.8, 4) is 5.75 Å². The second-order valence-electron chi connectivity index (χ2n) is 4.73. The van der Waals surface area contributed by atoms with E-state index in [2.05, 4.69) is 13.8 Å². The molecule has 0 saturated heterocycles. The zero-order chi connectivity index (χ0) is 14.4. The highest BCUT2D eigenvalue weighted by Crippen LogP contribution is 2.28. The van der Waals surface area contributed by atoms with Crippen LogP contribution >= 0.6 is 0 Å². The molecular formula is C15H23NO3. The highest BCUT2D eigenvalue weighted by molar-refractivity contribution is 5.73. The summed E-state index contributed by atoms with van der Waals surface area (Å²) in [4.78, 5) is 10.9. The van der Waals surface area contributed by atoms with Crippen LogP contribution in [-0.4, -0.2) is 24.2 Å². The summed E-state index contributed by atoms with van der Waals surface area (Å²) in [6, 6.07) is 5.08. The van der Waals surface area contributed by atoms with Crippen LogP contribution in [0.3, 0.4) is 0 Å². The number of ether oxygens (including phenoxy) is 1. The second kappa shape index (κ2) is 7.14. The molecule has 19 heavy (non-hydrogen) atoms. The average Bonchev–Trinajstić information content (AvgIpc) is 2.40. The standard InChI is InChI=1S/C15H23NO3/c1-4-10(5-2)11-6-7-14(19-3)12(8-11)9-13(16)15(17)18/h6-8,10,13H,4-5,9,16H2,1-3H3,(H,17,18). The van der Waals surface area contributed by atoms with E-state index in [1.165, 1.54) is 5.56 Å². The molecule has 0 radical (unpaired) electrons. The van der Waals surface area contributed by atoms with E-state index in [0.29, 0.717) is 11.7 Å². The summed E-state index contributed by atoms with van der Waals surface area (Å²) in [5, 5.41) is 8.91. The van der Waals surface area contributed by atoms with Crippen LogP contribution in [0.5, 0.6) is 5.75 Å². The SMILES string of the molecule is CCC(CC)c1ccc(OC)c(CC(N)C(=O)O)c1. The van der Waals surface area contributed by atoms with Crippen molar-refractivity contribution in [1.82, 2.24) is 0 Å². The van der Waals surface area contributed by atoms with Crippen LogP contribution in [0.25, 0.3) is 0 Å². The molecule has 1 unspecified atom stereocenters. The smallest absolute Gasteiger partial charge is 0.320 e. The van der Waals surface area contributed by atoms with E-state index in [9.17, 15) is 4.79 Å². The van der Waals surface area contributed by atoms with Crippen molar-refractivity contribution in [2.24, 2.45) is 5.73 Å². The summed E-state index contributed by atoms with van der Waals surface area (Å²) in [6.45, 7) is 4.31. The van der Waals surface area contributed by atoms with Crippen LogP contribution in [0.15, 0.2) is 18.2 Å². The molecule has 0 saturated carbocycles. The Morgan fingerprint density at radius 3 is 2.47 bits per heavy atom. The van der Waals surface area contributed by atoms with Crippen LogP contribution in [0, 0.1) is 0 Å². The molecule has 0 aliphatic carbocycles. The quantitative estimate of drug-likeness (QED) is 0.794. The maximum atomic E-state index is 10.9. The van der Waals surface area contributed by atoms with Gasteiger partial charge in [-0.25, -0.2) is 0 Å². The van der Waals surface area contributed by atoms with E-state index in [1.54, 1.807) is 7.11 Å². The zero-order valence-corrected chi connectivity index (χ0v) is 11.8. The monoisotopic (exact) mass is 265 g/mol. The number of methoxy groups -OCH3 is 1. The van der Waals surface area contributed by atoms with Crippen molar-refractivity contribution in [1.29, 1.82) is 0 Å². The molecule has 0 bridgehead atoms. The highest BCUT2D eigenvalue weighted by Gasteiger charge is 2.17. The molecule has 4 heteroatoms. The zero-order valence-electron chi connectivity index (χ0n) is 11.8. The lowest BCUT2D eigenvalue weighted by Crippen LogP contribution is -2.32. The van der Waals surface area contributed by atoms with E-state index in [-0.39, 0.29) is 6.42 Å². The van der Waals surface area contributed by atoms with Crippen LogP contribution < -0.4 is 10.5 Å². The molecule has 0 spiro atoms. The van der Waals surface area contributed by atoms with Gasteiger partial charge >= 0.3 is 5.97 Å². The number of rotatable bonds is 7. The number of hydrogen-bond acceptors (Lipinski definition) is 3. The molecule has 1 rings (SSSR count). The first-order valence-electron chi connectivity index (χ1n) is 6.68. The van der Waals surface area contributed by atoms with Crippen LogP contribution in [-0.2, 0) is 11.2 Å². The van der Waals surface area contributed by atoms with Gasteiger partial charge in [0.05, 0.1) is 7.11 Å². The van der Waals surface area contributed by atoms with Gasteiger partial charge in [0.15, 0.2) is 0 Å². The first-order valence-corrected chi connectivity index (χ1v) is 6.68. The molecule has 1 aromatic carbocycles. The predicted octanol–water partition coefficient (Wildman–Crippen LogP) is 2.55. The maximum absolute atomic E-state index is 10.9. The lowest BCUT2D eigenvalue weighted by Gasteiger charge is -2.17. The predicted molar refractivity (Wildman–Crippen MR) is 75.6 cm³/mol. The van der Waals surface area contributed by atoms with E-state index in [4.69, 9.17) is 15.6 Å². The summed E-state index contributed by atoms with van der Waals surface area (Å²) in [7, 11) is 1.59. The van der Waals surface area contributed by atoms with E-state index < -0.39 is 12.0 Å². The van der Waals surface area contributed by atoms with Gasteiger partial charge in [-0.15, -0.1) is 0 Å². The van der Waals surface area contributed by atoms with Gasteiger partial charge < -0.3 is 15.6 Å². The van der Waals surface area contributed by atoms with Gasteiger partial charge in [0.1, 0.15) is 11.8 Å². The molecule has 0 fully saturated rings. The molecule has 3 N–H and O–H groups in total. The Morgan fingerprint density at radius 1 is 1.37 bits per heavy atom. The molecule has 1 atom stereocenters. The first kappa shape index (κ1) is 15.5. The Morgan fingerprint density at radius 2 is 2.00 bits per heavy atom. The van der Waals surface area contributed by atoms with Crippen molar-refractivity contribution < 1.29 is 14.6 Å². The molecule has 0 aliphatic heterocycles. The molecule has 0 amide bonds. The van der Waals surface area contributed by atoms with Crippen molar-refractivity contribution >= 4 is 5.97 Å². The molecule has 0 aromatic heterocycles. The molecule has 106 valence electrons. The summed E-state index contributed by atoms with van der Waals surface area (Å²) in [6.07, 6.45) is 2.41. The van der Waals surface area contributed by atoms with Crippen LogP contribution in [0.4, 0.5) is 0 Å². The van der Waals surface area contributed by atoms with Crippen molar-refractivity contribution in [3.63, 3.8) is 0 Å². The number of carboxylic acid groups (broad SMARTS) is 1. The number of carboxylic acids is 1. The largest absolute Gasteiger partial charge is 0.496 e. The summed E-state index contributed by atoms with van der Waals surface area (Å²) < 4.78 is 5.28. The van der Waals surface area contributed by atoms with Gasteiger partial charge in [0.2, 0.25) is 0 Å². The number of nitrogens with two attached hydrogens (primary N) is 1. The van der Waals surface area contributed by atoms with Crippen LogP contribution in [0.1, 0.15) is 43.7 Å². The van der Waals surface area contributed by atoms with Gasteiger partial charge in [-0.1, -0.05) is 26.0 Å². The lowest BCUT2D eigenvalue weighted by molar-refractivity contribution is -0.138. The number of aliphatic carboxylic acids is 1. The minimum absolute atomic E-state index is 0.284. The van der Waals surface area contributed by atoms with Crippen molar-refractivity contribution in [3.05, 3.63) is 29.3 Å². The van der Waals surface area contributed by atoms with E-state index in [0.717, 1.165) is 18.4 Å². The highest BCUT2D eigenvalue weighted by atomic mass is 16.5. The molecule has 0 aliphatic rings. The minimum Gasteiger partial charge on any atom is -0.496 e. The summed E-state index contributed by atoms with van der Waals surface area (Å²) in [5.74, 6) is 0.201. The molecule has 4 nitrogen and oxygen atoms in total. The van der Waals surface area contributed by atoms with Gasteiger partial charge in [0.25, 0.3) is 0 Å². The summed E-state index contributed by atoms with van der Waals surface area (Å²) >= 11 is 0. The van der Waals surface area contributed by atoms with E-state index >= 15 is 0 Å². The third-order valence-electron chi connectivity index (χ3n) is 3.52. The third kappa shape index (κ3) is 3.96. The average molecular weight is 265 g/mol. The third-order valence-corrected chi connectivity index (χ3v) is 3.52. The van der Waals surface area contributed by atoms with Gasteiger partial charge in [0, 0.05) is 6.42 Å². The topological polar surface area (TPSA) is 72.5 Å². The molecule has 1 aromatic rings. The Balaban J connectivity index is 3.05. The van der Waals surface area contributed by atoms with Gasteiger partial charge in [-0.05, 0) is 36.0 Å². The number of carbonyl (C=O) groups is 1. The summed E-state index contributed by atoms with van der Waals surface area (Å²) in [5.41, 5.74) is 7.69. The Bertz CT molecular complexity index is 427. The normalized spacial score (nSPS) is 12.5. The van der Waals surface area contributed by atoms with E-state index in [1.807, 2.05) is 18.2 Å². The second-order valence-corrected chi connectivity index (χ2v) is 4.73. The number of benzene rings is 1. The van der Waals surface area contributed by atoms with Crippen molar-refractivity contribution in [2.45, 2.75) is 45.1 Å². The molecule has 0 heterocycles. The first-order chi connectivity index (χ1) is 9.03. The fourth-order valence-corrected chi connectivity index (χ4v) is 2.30. The van der Waals surface area contributed by atoms with Gasteiger partial charge in [-0.2, -0.15) is 0 Å². The number of hydrogen-bond donors (Lipinski definition) is 2. The minimum atomic E-state index is -0.991.